The monoisotopic (exact) mass is 232 g/mol. The van der Waals surface area contributed by atoms with Gasteiger partial charge in [-0.2, -0.15) is 0 Å². The predicted octanol–water partition coefficient (Wildman–Crippen LogP) is 3.33. The average Bonchev–Trinajstić information content (AvgIpc) is 2.81. The Morgan fingerprint density at radius 1 is 1.29 bits per heavy atom. The Morgan fingerprint density at radius 2 is 2.00 bits per heavy atom. The first kappa shape index (κ1) is 12.2. The van der Waals surface area contributed by atoms with E-state index < -0.39 is 0 Å². The molecule has 0 aromatic heterocycles. The summed E-state index contributed by atoms with van der Waals surface area (Å²) in [4.78, 5) is 12.1. The minimum atomic E-state index is 0.258. The quantitative estimate of drug-likeness (QED) is 0.864. The number of aromatic hydroxyl groups is 1. The first-order valence-electron chi connectivity index (χ1n) is 6.49. The van der Waals surface area contributed by atoms with Crippen LogP contribution in [0.25, 0.3) is 0 Å². The fourth-order valence-corrected chi connectivity index (χ4v) is 2.70. The third-order valence-electron chi connectivity index (χ3n) is 3.89. The second-order valence-corrected chi connectivity index (χ2v) is 5.09. The van der Waals surface area contributed by atoms with Gasteiger partial charge in [-0.15, -0.1) is 0 Å². The fourth-order valence-electron chi connectivity index (χ4n) is 2.70. The van der Waals surface area contributed by atoms with Crippen molar-refractivity contribution in [3.05, 3.63) is 29.8 Å². The van der Waals surface area contributed by atoms with Crippen LogP contribution in [0.1, 0.15) is 38.2 Å². The van der Waals surface area contributed by atoms with Crippen molar-refractivity contribution in [1.29, 1.82) is 0 Å². The largest absolute Gasteiger partial charge is 0.508 e. The highest BCUT2D eigenvalue weighted by Gasteiger charge is 2.28. The Hall–Kier alpha value is -1.31. The summed E-state index contributed by atoms with van der Waals surface area (Å²) in [5.74, 6) is 1.65. The van der Waals surface area contributed by atoms with Crippen molar-refractivity contribution in [2.75, 3.05) is 0 Å². The summed E-state index contributed by atoms with van der Waals surface area (Å²) in [6, 6.07) is 6.96. The van der Waals surface area contributed by atoms with Gasteiger partial charge in [0.1, 0.15) is 11.5 Å². The number of phenolic OH excluding ortho intramolecular Hbond substituents is 1. The van der Waals surface area contributed by atoms with E-state index in [0.717, 1.165) is 24.3 Å². The molecular weight excluding hydrogens is 212 g/mol. The maximum atomic E-state index is 12.1. The van der Waals surface area contributed by atoms with Gasteiger partial charge in [0.2, 0.25) is 0 Å². The molecule has 2 nitrogen and oxygen atoms in total. The number of ketones is 1. The first-order chi connectivity index (χ1) is 8.19. The SMILES string of the molecule is CCC1CCC(C(=O)Cc2ccc(O)cc2)C1. The molecule has 1 fully saturated rings. The van der Waals surface area contributed by atoms with Crippen LogP contribution in [-0.2, 0) is 11.2 Å². The number of rotatable bonds is 4. The lowest BCUT2D eigenvalue weighted by atomic mass is 9.95. The van der Waals surface area contributed by atoms with Crippen molar-refractivity contribution in [2.24, 2.45) is 11.8 Å². The van der Waals surface area contributed by atoms with E-state index in [9.17, 15) is 9.90 Å². The number of carbonyl (C=O) groups excluding carboxylic acids is 1. The van der Waals surface area contributed by atoms with Gasteiger partial charge in [-0.05, 0) is 42.9 Å². The van der Waals surface area contributed by atoms with Gasteiger partial charge in [-0.25, -0.2) is 0 Å². The number of hydrogen-bond donors (Lipinski definition) is 1. The van der Waals surface area contributed by atoms with Gasteiger partial charge in [0.15, 0.2) is 0 Å². The summed E-state index contributed by atoms with van der Waals surface area (Å²) in [6.45, 7) is 2.21. The molecule has 1 N–H and O–H groups in total. The summed E-state index contributed by atoms with van der Waals surface area (Å²) in [7, 11) is 0. The van der Waals surface area contributed by atoms with Gasteiger partial charge in [0.05, 0.1) is 0 Å². The van der Waals surface area contributed by atoms with Crippen molar-refractivity contribution in [1.82, 2.24) is 0 Å². The van der Waals surface area contributed by atoms with Crippen LogP contribution < -0.4 is 0 Å². The van der Waals surface area contributed by atoms with Crippen LogP contribution in [0.2, 0.25) is 0 Å². The lowest BCUT2D eigenvalue weighted by Gasteiger charge is -2.09. The van der Waals surface area contributed by atoms with Crippen LogP contribution >= 0.6 is 0 Å². The lowest BCUT2D eigenvalue weighted by molar-refractivity contribution is -0.122. The maximum Gasteiger partial charge on any atom is 0.140 e. The molecule has 1 aromatic carbocycles. The highest BCUT2D eigenvalue weighted by Crippen LogP contribution is 2.34. The molecule has 0 saturated heterocycles. The first-order valence-corrected chi connectivity index (χ1v) is 6.49. The zero-order chi connectivity index (χ0) is 12.3. The van der Waals surface area contributed by atoms with E-state index in [-0.39, 0.29) is 11.7 Å². The molecular formula is C15H20O2. The van der Waals surface area contributed by atoms with E-state index in [0.29, 0.717) is 12.2 Å². The van der Waals surface area contributed by atoms with Crippen molar-refractivity contribution >= 4 is 5.78 Å². The smallest absolute Gasteiger partial charge is 0.140 e. The van der Waals surface area contributed by atoms with Crippen LogP contribution in [0, 0.1) is 11.8 Å². The van der Waals surface area contributed by atoms with E-state index >= 15 is 0 Å². The van der Waals surface area contributed by atoms with E-state index in [1.807, 2.05) is 12.1 Å². The van der Waals surface area contributed by atoms with Crippen molar-refractivity contribution in [3.63, 3.8) is 0 Å². The maximum absolute atomic E-state index is 12.1. The predicted molar refractivity (Wildman–Crippen MR) is 67.9 cm³/mol. The molecule has 2 heteroatoms. The highest BCUT2D eigenvalue weighted by atomic mass is 16.3. The van der Waals surface area contributed by atoms with Gasteiger partial charge in [-0.1, -0.05) is 25.5 Å². The molecule has 1 aliphatic rings. The third-order valence-corrected chi connectivity index (χ3v) is 3.89. The topological polar surface area (TPSA) is 37.3 Å². The summed E-state index contributed by atoms with van der Waals surface area (Å²) in [6.07, 6.45) is 5.07. The number of phenols is 1. The molecule has 0 amide bonds. The van der Waals surface area contributed by atoms with Crippen LogP contribution in [0.15, 0.2) is 24.3 Å². The summed E-state index contributed by atoms with van der Waals surface area (Å²) < 4.78 is 0. The molecule has 17 heavy (non-hydrogen) atoms. The molecule has 0 spiro atoms. The van der Waals surface area contributed by atoms with Gasteiger partial charge in [0, 0.05) is 12.3 Å². The minimum absolute atomic E-state index is 0.258. The lowest BCUT2D eigenvalue weighted by Crippen LogP contribution is -2.14. The number of carbonyl (C=O) groups is 1. The van der Waals surface area contributed by atoms with Crippen LogP contribution in [0.3, 0.4) is 0 Å². The second-order valence-electron chi connectivity index (χ2n) is 5.09. The molecule has 0 bridgehead atoms. The second kappa shape index (κ2) is 5.35. The fraction of sp³-hybridized carbons (Fsp3) is 0.533. The Balaban J connectivity index is 1.91. The highest BCUT2D eigenvalue weighted by molar-refractivity contribution is 5.83. The molecule has 1 saturated carbocycles. The number of hydrogen-bond acceptors (Lipinski definition) is 2. The summed E-state index contributed by atoms with van der Waals surface area (Å²) in [5.41, 5.74) is 1.01. The molecule has 1 aliphatic carbocycles. The molecule has 0 heterocycles. The van der Waals surface area contributed by atoms with Crippen molar-refractivity contribution < 1.29 is 9.90 Å². The van der Waals surface area contributed by atoms with Crippen LogP contribution in [-0.4, -0.2) is 10.9 Å². The molecule has 0 aliphatic heterocycles. The van der Waals surface area contributed by atoms with E-state index in [2.05, 4.69) is 6.92 Å². The zero-order valence-corrected chi connectivity index (χ0v) is 10.4. The van der Waals surface area contributed by atoms with E-state index in [1.165, 1.54) is 12.8 Å². The van der Waals surface area contributed by atoms with E-state index in [4.69, 9.17) is 0 Å². The average molecular weight is 232 g/mol. The van der Waals surface area contributed by atoms with Crippen molar-refractivity contribution in [3.8, 4) is 5.75 Å². The van der Waals surface area contributed by atoms with Gasteiger partial charge < -0.3 is 5.11 Å². The summed E-state index contributed by atoms with van der Waals surface area (Å²) in [5, 5.41) is 9.18. The molecule has 2 atom stereocenters. The zero-order valence-electron chi connectivity index (χ0n) is 10.4. The molecule has 2 unspecified atom stereocenters. The molecule has 92 valence electrons. The van der Waals surface area contributed by atoms with Gasteiger partial charge in [-0.3, -0.25) is 4.79 Å². The Labute approximate surface area is 103 Å². The normalized spacial score (nSPS) is 23.8. The number of benzene rings is 1. The molecule has 2 rings (SSSR count). The Morgan fingerprint density at radius 3 is 2.59 bits per heavy atom. The van der Waals surface area contributed by atoms with Crippen LogP contribution in [0.4, 0.5) is 0 Å². The number of Topliss-reactive ketones (excluding diaryl/α,β-unsaturated/α-hetero) is 1. The van der Waals surface area contributed by atoms with Gasteiger partial charge in [0.25, 0.3) is 0 Å². The Kier molecular flexibility index (Phi) is 3.82. The minimum Gasteiger partial charge on any atom is -0.508 e. The van der Waals surface area contributed by atoms with Crippen molar-refractivity contribution in [2.45, 2.75) is 39.0 Å². The standard InChI is InChI=1S/C15H20O2/c1-2-11-3-6-13(9-11)15(17)10-12-4-7-14(16)8-5-12/h4-5,7-8,11,13,16H,2-3,6,9-10H2,1H3. The third kappa shape index (κ3) is 3.09. The van der Waals surface area contributed by atoms with Crippen LogP contribution in [0.5, 0.6) is 5.75 Å². The van der Waals surface area contributed by atoms with Gasteiger partial charge >= 0.3 is 0 Å². The molecule has 1 aromatic rings. The Bertz CT molecular complexity index is 380. The summed E-state index contributed by atoms with van der Waals surface area (Å²) >= 11 is 0. The molecule has 0 radical (unpaired) electrons. The van der Waals surface area contributed by atoms with E-state index in [1.54, 1.807) is 12.1 Å².